The highest BCUT2D eigenvalue weighted by Crippen LogP contribution is 2.30. The van der Waals surface area contributed by atoms with Gasteiger partial charge in [-0.1, -0.05) is 11.6 Å². The van der Waals surface area contributed by atoms with E-state index in [9.17, 15) is 4.79 Å². The quantitative estimate of drug-likeness (QED) is 0.463. The van der Waals surface area contributed by atoms with E-state index in [1.807, 2.05) is 41.7 Å². The minimum Gasteiger partial charge on any atom is -0.494 e. The zero-order valence-corrected chi connectivity index (χ0v) is 17.9. The van der Waals surface area contributed by atoms with E-state index in [-0.39, 0.29) is 11.7 Å². The Bertz CT molecular complexity index is 1310. The molecule has 0 saturated carbocycles. The molecule has 0 amide bonds. The lowest BCUT2D eigenvalue weighted by Crippen LogP contribution is -2.20. The summed E-state index contributed by atoms with van der Waals surface area (Å²) in [6, 6.07) is 11.1. The molecule has 1 atom stereocenters. The zero-order chi connectivity index (χ0) is 21.4. The third kappa shape index (κ3) is 3.86. The Kier molecular flexibility index (Phi) is 5.29. The molecule has 8 heteroatoms. The Labute approximate surface area is 184 Å². The lowest BCUT2D eigenvalue weighted by atomic mass is 10.1. The van der Waals surface area contributed by atoms with Crippen molar-refractivity contribution in [3.63, 3.8) is 0 Å². The Morgan fingerprint density at radius 3 is 3.03 bits per heavy atom. The van der Waals surface area contributed by atoms with Crippen molar-refractivity contribution < 1.29 is 9.47 Å². The summed E-state index contributed by atoms with van der Waals surface area (Å²) in [5, 5.41) is 4.91. The van der Waals surface area contributed by atoms with Gasteiger partial charge in [-0.2, -0.15) is 0 Å². The van der Waals surface area contributed by atoms with Crippen LogP contribution >= 0.6 is 11.6 Å². The number of imidazole rings is 1. The molecule has 0 bridgehead atoms. The van der Waals surface area contributed by atoms with Gasteiger partial charge in [-0.05, 0) is 56.2 Å². The molecule has 4 heterocycles. The standard InChI is InChI=1S/C23H23ClN4O3/c1-2-30-16-6-7-19-14(10-16)11-18(23(29)26-19)21-22(25-12-17-4-3-9-31-17)28-13-15(24)5-8-20(28)27-21/h5-8,10-11,13,17,25H,2-4,9,12H2,1H3,(H,26,29). The van der Waals surface area contributed by atoms with Crippen LogP contribution in [0.5, 0.6) is 5.75 Å². The molecule has 1 fully saturated rings. The maximum absolute atomic E-state index is 13.0. The maximum atomic E-state index is 13.0. The van der Waals surface area contributed by atoms with Crippen LogP contribution < -0.4 is 15.6 Å². The number of pyridine rings is 2. The van der Waals surface area contributed by atoms with Gasteiger partial charge in [0.1, 0.15) is 22.9 Å². The van der Waals surface area contributed by atoms with Crippen LogP contribution in [-0.2, 0) is 4.74 Å². The molecule has 1 aliphatic heterocycles. The van der Waals surface area contributed by atoms with Crippen molar-refractivity contribution in [3.05, 3.63) is 58.0 Å². The molecule has 0 radical (unpaired) electrons. The first kappa shape index (κ1) is 19.9. The van der Waals surface area contributed by atoms with Crippen molar-refractivity contribution in [3.8, 4) is 17.0 Å². The number of nitrogens with one attached hydrogen (secondary N) is 2. The van der Waals surface area contributed by atoms with Crippen molar-refractivity contribution in [2.24, 2.45) is 0 Å². The van der Waals surface area contributed by atoms with E-state index >= 15 is 0 Å². The van der Waals surface area contributed by atoms with Crippen LogP contribution in [0, 0.1) is 0 Å². The summed E-state index contributed by atoms with van der Waals surface area (Å²) in [6.45, 7) is 3.93. The molecule has 4 aromatic rings. The molecule has 0 aliphatic carbocycles. The first-order valence-corrected chi connectivity index (χ1v) is 10.8. The number of ether oxygens (including phenoxy) is 2. The largest absolute Gasteiger partial charge is 0.494 e. The maximum Gasteiger partial charge on any atom is 0.258 e. The van der Waals surface area contributed by atoms with E-state index in [0.29, 0.717) is 35.1 Å². The molecule has 160 valence electrons. The number of fused-ring (bicyclic) bond motifs is 2. The van der Waals surface area contributed by atoms with Crippen molar-refractivity contribution in [1.29, 1.82) is 0 Å². The average Bonchev–Trinajstić information content (AvgIpc) is 3.40. The summed E-state index contributed by atoms with van der Waals surface area (Å²) < 4.78 is 13.2. The number of anilines is 1. The predicted molar refractivity (Wildman–Crippen MR) is 122 cm³/mol. The number of aromatic amines is 1. The molecular formula is C23H23ClN4O3. The third-order valence-corrected chi connectivity index (χ3v) is 5.71. The number of H-pyrrole nitrogens is 1. The highest BCUT2D eigenvalue weighted by Gasteiger charge is 2.21. The number of nitrogens with zero attached hydrogens (tertiary/aromatic N) is 2. The van der Waals surface area contributed by atoms with Crippen LogP contribution in [0.4, 0.5) is 5.82 Å². The second-order valence-corrected chi connectivity index (χ2v) is 8.03. The normalized spacial score (nSPS) is 16.3. The number of rotatable bonds is 6. The fraction of sp³-hybridized carbons (Fsp3) is 0.304. The van der Waals surface area contributed by atoms with E-state index in [1.54, 1.807) is 12.3 Å². The summed E-state index contributed by atoms with van der Waals surface area (Å²) in [7, 11) is 0. The van der Waals surface area contributed by atoms with E-state index in [1.165, 1.54) is 0 Å². The zero-order valence-electron chi connectivity index (χ0n) is 17.2. The van der Waals surface area contributed by atoms with Crippen LogP contribution in [-0.4, -0.2) is 40.2 Å². The SMILES string of the molecule is CCOc1ccc2[nH]c(=O)c(-c3nc4ccc(Cl)cn4c3NCC3CCCO3)cc2c1. The van der Waals surface area contributed by atoms with E-state index in [0.717, 1.165) is 41.9 Å². The highest BCUT2D eigenvalue weighted by molar-refractivity contribution is 6.30. The fourth-order valence-electron chi connectivity index (χ4n) is 4.01. The number of halogens is 1. The van der Waals surface area contributed by atoms with Crippen molar-refractivity contribution in [2.45, 2.75) is 25.9 Å². The molecule has 31 heavy (non-hydrogen) atoms. The highest BCUT2D eigenvalue weighted by atomic mass is 35.5. The Hall–Kier alpha value is -3.03. The van der Waals surface area contributed by atoms with E-state index in [2.05, 4.69) is 10.3 Å². The van der Waals surface area contributed by atoms with Gasteiger partial charge in [-0.15, -0.1) is 0 Å². The molecule has 1 aliphatic rings. The van der Waals surface area contributed by atoms with Crippen LogP contribution in [0.1, 0.15) is 19.8 Å². The molecule has 1 aromatic carbocycles. The smallest absolute Gasteiger partial charge is 0.258 e. The second kappa shape index (κ2) is 8.24. The first-order chi connectivity index (χ1) is 15.1. The van der Waals surface area contributed by atoms with Gasteiger partial charge in [0, 0.05) is 30.3 Å². The van der Waals surface area contributed by atoms with E-state index < -0.39 is 0 Å². The van der Waals surface area contributed by atoms with E-state index in [4.69, 9.17) is 26.1 Å². The van der Waals surface area contributed by atoms with Crippen molar-refractivity contribution in [1.82, 2.24) is 14.4 Å². The van der Waals surface area contributed by atoms with Gasteiger partial charge < -0.3 is 19.8 Å². The van der Waals surface area contributed by atoms with Gasteiger partial charge in [-0.25, -0.2) is 4.98 Å². The third-order valence-electron chi connectivity index (χ3n) is 5.49. The van der Waals surface area contributed by atoms with Gasteiger partial charge in [0.25, 0.3) is 5.56 Å². The summed E-state index contributed by atoms with van der Waals surface area (Å²) >= 11 is 6.25. The lowest BCUT2D eigenvalue weighted by Gasteiger charge is -2.13. The summed E-state index contributed by atoms with van der Waals surface area (Å²) in [4.78, 5) is 20.7. The molecule has 3 aromatic heterocycles. The topological polar surface area (TPSA) is 80.7 Å². The summed E-state index contributed by atoms with van der Waals surface area (Å²) in [5.41, 5.74) is 2.31. The lowest BCUT2D eigenvalue weighted by molar-refractivity contribution is 0.120. The molecular weight excluding hydrogens is 416 g/mol. The van der Waals surface area contributed by atoms with Gasteiger partial charge in [0.2, 0.25) is 0 Å². The van der Waals surface area contributed by atoms with Crippen molar-refractivity contribution >= 4 is 34.0 Å². The van der Waals surface area contributed by atoms with Crippen LogP contribution in [0.25, 0.3) is 27.8 Å². The van der Waals surface area contributed by atoms with Crippen LogP contribution in [0.2, 0.25) is 5.02 Å². The van der Waals surface area contributed by atoms with Gasteiger partial charge in [0.15, 0.2) is 0 Å². The molecule has 1 saturated heterocycles. The molecule has 0 spiro atoms. The van der Waals surface area contributed by atoms with Crippen molar-refractivity contribution in [2.75, 3.05) is 25.1 Å². The van der Waals surface area contributed by atoms with Crippen LogP contribution in [0.15, 0.2) is 47.4 Å². The number of hydrogen-bond donors (Lipinski definition) is 2. The molecule has 7 nitrogen and oxygen atoms in total. The predicted octanol–water partition coefficient (Wildman–Crippen LogP) is 4.49. The van der Waals surface area contributed by atoms with Gasteiger partial charge in [-0.3, -0.25) is 9.20 Å². The minimum absolute atomic E-state index is 0.140. The number of aromatic nitrogens is 3. The van der Waals surface area contributed by atoms with Gasteiger partial charge >= 0.3 is 0 Å². The monoisotopic (exact) mass is 438 g/mol. The second-order valence-electron chi connectivity index (χ2n) is 7.59. The Balaban J connectivity index is 1.64. The molecule has 5 rings (SSSR count). The fourth-order valence-corrected chi connectivity index (χ4v) is 4.17. The van der Waals surface area contributed by atoms with Crippen LogP contribution in [0.3, 0.4) is 0 Å². The Morgan fingerprint density at radius 2 is 2.23 bits per heavy atom. The molecule has 2 N–H and O–H groups in total. The summed E-state index contributed by atoms with van der Waals surface area (Å²) in [5.74, 6) is 1.48. The minimum atomic E-state index is -0.202. The Morgan fingerprint density at radius 1 is 1.32 bits per heavy atom. The van der Waals surface area contributed by atoms with Gasteiger partial charge in [0.05, 0.1) is 23.3 Å². The molecule has 1 unspecified atom stereocenters. The number of benzene rings is 1. The first-order valence-electron chi connectivity index (χ1n) is 10.5. The average molecular weight is 439 g/mol. The summed E-state index contributed by atoms with van der Waals surface area (Å²) in [6.07, 6.45) is 4.01. The number of hydrogen-bond acceptors (Lipinski definition) is 5.